The molecule has 0 saturated heterocycles. The van der Waals surface area contributed by atoms with Crippen LogP contribution >= 0.6 is 0 Å². The fourth-order valence-corrected chi connectivity index (χ4v) is 1.87. The van der Waals surface area contributed by atoms with Gasteiger partial charge in [0.25, 0.3) is 0 Å². The Morgan fingerprint density at radius 3 is 2.29 bits per heavy atom. The van der Waals surface area contributed by atoms with Gasteiger partial charge >= 0.3 is 5.97 Å². The largest absolute Gasteiger partial charge is 0.477 e. The van der Waals surface area contributed by atoms with Crippen LogP contribution in [-0.2, 0) is 0 Å². The van der Waals surface area contributed by atoms with E-state index < -0.39 is 5.97 Å². The zero-order valence-corrected chi connectivity index (χ0v) is 9.77. The van der Waals surface area contributed by atoms with Gasteiger partial charge in [-0.25, -0.2) is 9.78 Å². The number of carbonyl (C=O) groups is 1. The third-order valence-corrected chi connectivity index (χ3v) is 2.53. The summed E-state index contributed by atoms with van der Waals surface area (Å²) >= 11 is 0. The summed E-state index contributed by atoms with van der Waals surface area (Å²) in [4.78, 5) is 14.7. The van der Waals surface area contributed by atoms with E-state index in [4.69, 9.17) is 5.11 Å². The van der Waals surface area contributed by atoms with Gasteiger partial charge < -0.3 is 5.11 Å². The van der Waals surface area contributed by atoms with Gasteiger partial charge in [0.05, 0.1) is 0 Å². The van der Waals surface area contributed by atoms with Crippen LogP contribution in [0.2, 0.25) is 0 Å². The van der Waals surface area contributed by atoms with Gasteiger partial charge in [0.15, 0.2) is 0 Å². The zero-order chi connectivity index (χ0) is 12.4. The van der Waals surface area contributed by atoms with Crippen LogP contribution < -0.4 is 0 Å². The van der Waals surface area contributed by atoms with Crippen molar-refractivity contribution in [3.05, 3.63) is 53.3 Å². The van der Waals surface area contributed by atoms with Crippen LogP contribution in [0.15, 0.2) is 36.5 Å². The maximum absolute atomic E-state index is 10.9. The Bertz CT molecular complexity index is 556. The van der Waals surface area contributed by atoms with Gasteiger partial charge in [-0.3, -0.25) is 0 Å². The fraction of sp³-hybridized carbons (Fsp3) is 0.143. The molecule has 86 valence electrons. The lowest BCUT2D eigenvalue weighted by Gasteiger charge is -2.05. The highest BCUT2D eigenvalue weighted by Gasteiger charge is 2.06. The molecule has 0 radical (unpaired) electrons. The molecule has 1 aromatic carbocycles. The number of hydrogen-bond acceptors (Lipinski definition) is 2. The number of pyridine rings is 1. The molecular weight excluding hydrogens is 214 g/mol. The van der Waals surface area contributed by atoms with Crippen LogP contribution in [-0.4, -0.2) is 16.1 Å². The highest BCUT2D eigenvalue weighted by atomic mass is 16.4. The van der Waals surface area contributed by atoms with E-state index in [1.54, 1.807) is 6.07 Å². The number of rotatable bonds is 2. The third kappa shape index (κ3) is 2.50. The molecule has 3 nitrogen and oxygen atoms in total. The first-order valence-electron chi connectivity index (χ1n) is 5.34. The Hall–Kier alpha value is -2.16. The van der Waals surface area contributed by atoms with Crippen molar-refractivity contribution in [3.63, 3.8) is 0 Å². The number of hydrogen-bond donors (Lipinski definition) is 1. The summed E-state index contributed by atoms with van der Waals surface area (Å²) in [6.45, 7) is 4.05. The number of aromatic nitrogens is 1. The van der Waals surface area contributed by atoms with E-state index in [1.165, 1.54) is 6.20 Å². The first-order valence-corrected chi connectivity index (χ1v) is 5.34. The smallest absolute Gasteiger partial charge is 0.354 e. The Morgan fingerprint density at radius 1 is 1.06 bits per heavy atom. The summed E-state index contributed by atoms with van der Waals surface area (Å²) in [6, 6.07) is 9.57. The number of nitrogens with zero attached hydrogens (tertiary/aromatic N) is 1. The number of carboxylic acid groups (broad SMARTS) is 1. The molecule has 2 rings (SSSR count). The second-order valence-corrected chi connectivity index (χ2v) is 4.11. The van der Waals surface area contributed by atoms with Crippen molar-refractivity contribution in [2.75, 3.05) is 0 Å². The number of aryl methyl sites for hydroxylation is 2. The lowest BCUT2D eigenvalue weighted by Crippen LogP contribution is -1.99. The van der Waals surface area contributed by atoms with Gasteiger partial charge in [-0.1, -0.05) is 29.3 Å². The SMILES string of the molecule is Cc1cc(C)cc(-c2ccnc(C(=O)O)c2)c1. The monoisotopic (exact) mass is 227 g/mol. The van der Waals surface area contributed by atoms with Crippen molar-refractivity contribution in [1.29, 1.82) is 0 Å². The van der Waals surface area contributed by atoms with Crippen molar-refractivity contribution in [3.8, 4) is 11.1 Å². The molecule has 0 aliphatic rings. The van der Waals surface area contributed by atoms with E-state index >= 15 is 0 Å². The number of aromatic carboxylic acids is 1. The van der Waals surface area contributed by atoms with Gasteiger partial charge in [-0.15, -0.1) is 0 Å². The second kappa shape index (κ2) is 4.37. The molecule has 0 bridgehead atoms. The Labute approximate surface area is 99.8 Å². The topological polar surface area (TPSA) is 50.2 Å². The minimum Gasteiger partial charge on any atom is -0.477 e. The summed E-state index contributed by atoms with van der Waals surface area (Å²) in [6.07, 6.45) is 1.52. The summed E-state index contributed by atoms with van der Waals surface area (Å²) in [5.74, 6) is -1.00. The third-order valence-electron chi connectivity index (χ3n) is 2.53. The van der Waals surface area contributed by atoms with Gasteiger partial charge in [0, 0.05) is 6.20 Å². The van der Waals surface area contributed by atoms with Crippen LogP contribution in [0.25, 0.3) is 11.1 Å². The van der Waals surface area contributed by atoms with Crippen molar-refractivity contribution in [1.82, 2.24) is 4.98 Å². The summed E-state index contributed by atoms with van der Waals surface area (Å²) < 4.78 is 0. The molecule has 0 unspecified atom stereocenters. The molecule has 3 heteroatoms. The maximum atomic E-state index is 10.9. The molecule has 0 atom stereocenters. The summed E-state index contributed by atoms with van der Waals surface area (Å²) in [5.41, 5.74) is 4.29. The van der Waals surface area contributed by atoms with Crippen LogP contribution in [0, 0.1) is 13.8 Å². The fourth-order valence-electron chi connectivity index (χ4n) is 1.87. The van der Waals surface area contributed by atoms with Crippen molar-refractivity contribution < 1.29 is 9.90 Å². The lowest BCUT2D eigenvalue weighted by atomic mass is 10.0. The number of carboxylic acids is 1. The van der Waals surface area contributed by atoms with Crippen LogP contribution in [0.3, 0.4) is 0 Å². The van der Waals surface area contributed by atoms with E-state index in [0.717, 1.165) is 22.3 Å². The minimum absolute atomic E-state index is 0.0710. The van der Waals surface area contributed by atoms with Gasteiger partial charge in [0.2, 0.25) is 0 Å². The zero-order valence-electron chi connectivity index (χ0n) is 9.77. The average Bonchev–Trinajstić information content (AvgIpc) is 2.28. The van der Waals surface area contributed by atoms with Crippen LogP contribution in [0.5, 0.6) is 0 Å². The lowest BCUT2D eigenvalue weighted by molar-refractivity contribution is 0.0690. The molecule has 0 saturated carbocycles. The van der Waals surface area contributed by atoms with Crippen LogP contribution in [0.1, 0.15) is 21.6 Å². The van der Waals surface area contributed by atoms with Gasteiger partial charge in [-0.05, 0) is 37.1 Å². The van der Waals surface area contributed by atoms with E-state index in [0.29, 0.717) is 0 Å². The quantitative estimate of drug-likeness (QED) is 0.857. The highest BCUT2D eigenvalue weighted by Crippen LogP contribution is 2.22. The molecule has 0 fully saturated rings. The average molecular weight is 227 g/mol. The Balaban J connectivity index is 2.52. The molecule has 17 heavy (non-hydrogen) atoms. The van der Waals surface area contributed by atoms with Crippen molar-refractivity contribution in [2.45, 2.75) is 13.8 Å². The molecule has 1 aromatic heterocycles. The molecule has 0 amide bonds. The van der Waals surface area contributed by atoms with Crippen molar-refractivity contribution >= 4 is 5.97 Å². The standard InChI is InChI=1S/C14H13NO2/c1-9-5-10(2)7-12(6-9)11-3-4-15-13(8-11)14(16)17/h3-8H,1-2H3,(H,16,17). The molecule has 0 spiro atoms. The van der Waals surface area contributed by atoms with E-state index in [1.807, 2.05) is 32.0 Å². The first-order chi connectivity index (χ1) is 8.06. The first kappa shape index (κ1) is 11.3. The second-order valence-electron chi connectivity index (χ2n) is 4.11. The Kier molecular flexibility index (Phi) is 2.91. The van der Waals surface area contributed by atoms with E-state index in [9.17, 15) is 4.79 Å². The van der Waals surface area contributed by atoms with Gasteiger partial charge in [-0.2, -0.15) is 0 Å². The summed E-state index contributed by atoms with van der Waals surface area (Å²) in [5, 5.41) is 8.90. The molecule has 0 aliphatic heterocycles. The number of benzene rings is 1. The molecule has 0 aliphatic carbocycles. The van der Waals surface area contributed by atoms with E-state index in [2.05, 4.69) is 11.1 Å². The molecular formula is C14H13NO2. The summed E-state index contributed by atoms with van der Waals surface area (Å²) in [7, 11) is 0. The van der Waals surface area contributed by atoms with Crippen LogP contribution in [0.4, 0.5) is 0 Å². The van der Waals surface area contributed by atoms with Gasteiger partial charge in [0.1, 0.15) is 5.69 Å². The van der Waals surface area contributed by atoms with Crippen molar-refractivity contribution in [2.24, 2.45) is 0 Å². The minimum atomic E-state index is -1.00. The molecule has 2 aromatic rings. The Morgan fingerprint density at radius 2 is 1.71 bits per heavy atom. The molecule has 1 heterocycles. The highest BCUT2D eigenvalue weighted by molar-refractivity contribution is 5.87. The maximum Gasteiger partial charge on any atom is 0.354 e. The predicted octanol–water partition coefficient (Wildman–Crippen LogP) is 3.06. The van der Waals surface area contributed by atoms with E-state index in [-0.39, 0.29) is 5.69 Å². The predicted molar refractivity (Wildman–Crippen MR) is 66.1 cm³/mol. The molecule has 1 N–H and O–H groups in total. The normalized spacial score (nSPS) is 10.2.